The van der Waals surface area contributed by atoms with Gasteiger partial charge in [-0.05, 0) is 61.9 Å². The van der Waals surface area contributed by atoms with Crippen LogP contribution >= 0.6 is 0 Å². The molecule has 3 fully saturated rings. The van der Waals surface area contributed by atoms with Crippen LogP contribution in [0.4, 0.5) is 0 Å². The van der Waals surface area contributed by atoms with E-state index in [-0.39, 0.29) is 24.1 Å². The summed E-state index contributed by atoms with van der Waals surface area (Å²) < 4.78 is 6.16. The average Bonchev–Trinajstić information content (AvgIpc) is 3.40. The van der Waals surface area contributed by atoms with Crippen molar-refractivity contribution < 1.29 is 19.1 Å². The molecule has 3 aliphatic heterocycles. The van der Waals surface area contributed by atoms with Gasteiger partial charge in [0.25, 0.3) is 5.91 Å². The Balaban J connectivity index is 1.26. The fraction of sp³-hybridized carbons (Fsp3) is 0.591. The molecular weight excluding hydrogens is 370 g/mol. The van der Waals surface area contributed by atoms with E-state index in [1.165, 1.54) is 19.3 Å². The fourth-order valence-electron chi connectivity index (χ4n) is 5.73. The molecule has 0 aromatic heterocycles. The molecule has 29 heavy (non-hydrogen) atoms. The number of benzene rings is 1. The summed E-state index contributed by atoms with van der Waals surface area (Å²) in [4.78, 5) is 40.5. The molecule has 154 valence electrons. The highest BCUT2D eigenvalue weighted by Gasteiger charge is 2.45. The van der Waals surface area contributed by atoms with Crippen LogP contribution in [0.2, 0.25) is 0 Å². The van der Waals surface area contributed by atoms with Gasteiger partial charge in [0.1, 0.15) is 18.4 Å². The Kier molecular flexibility index (Phi) is 4.57. The van der Waals surface area contributed by atoms with Crippen molar-refractivity contribution in [3.8, 4) is 5.75 Å². The molecule has 7 nitrogen and oxygen atoms in total. The van der Waals surface area contributed by atoms with Crippen LogP contribution in [0.25, 0.3) is 0 Å². The number of hydrogen-bond acceptors (Lipinski definition) is 5. The molecule has 4 atom stereocenters. The van der Waals surface area contributed by atoms with E-state index in [2.05, 4.69) is 17.1 Å². The lowest BCUT2D eigenvalue weighted by Gasteiger charge is -2.34. The van der Waals surface area contributed by atoms with Crippen LogP contribution in [0.5, 0.6) is 5.75 Å². The van der Waals surface area contributed by atoms with Crippen LogP contribution in [0.15, 0.2) is 18.2 Å². The normalized spacial score (nSPS) is 31.3. The number of hydrogen-bond donors (Lipinski definition) is 1. The summed E-state index contributed by atoms with van der Waals surface area (Å²) in [5.41, 5.74) is 1.51. The van der Waals surface area contributed by atoms with Gasteiger partial charge in [0.15, 0.2) is 0 Å². The number of carbonyl (C=O) groups is 3. The first-order chi connectivity index (χ1) is 14.0. The van der Waals surface area contributed by atoms with Crippen molar-refractivity contribution >= 4 is 17.7 Å². The van der Waals surface area contributed by atoms with Crippen LogP contribution in [-0.4, -0.2) is 58.8 Å². The first-order valence-electron chi connectivity index (χ1n) is 10.7. The minimum Gasteiger partial charge on any atom is -0.492 e. The summed E-state index contributed by atoms with van der Waals surface area (Å²) in [6.45, 7) is 4.35. The zero-order chi connectivity index (χ0) is 20.1. The highest BCUT2D eigenvalue weighted by Crippen LogP contribution is 2.42. The second-order valence-electron chi connectivity index (χ2n) is 8.65. The van der Waals surface area contributed by atoms with Crippen molar-refractivity contribution in [3.05, 3.63) is 29.3 Å². The second-order valence-corrected chi connectivity index (χ2v) is 8.65. The SMILES string of the molecule is CCN1[C@@H]2CC[C@@H](C2)[C@@H]1COc1ccc2c(c1)CN([C@H]1CCC(=O)NC1=O)C2=O. The Bertz CT molecular complexity index is 870. The first-order valence-corrected chi connectivity index (χ1v) is 10.7. The van der Waals surface area contributed by atoms with E-state index in [0.717, 1.165) is 29.8 Å². The lowest BCUT2D eigenvalue weighted by atomic mass is 9.99. The average molecular weight is 397 g/mol. The molecule has 3 heterocycles. The molecular formula is C22H27N3O4. The predicted octanol–water partition coefficient (Wildman–Crippen LogP) is 1.70. The monoisotopic (exact) mass is 397 g/mol. The second kappa shape index (κ2) is 7.13. The van der Waals surface area contributed by atoms with E-state index >= 15 is 0 Å². The number of ether oxygens (including phenoxy) is 1. The van der Waals surface area contributed by atoms with Crippen LogP contribution in [0.3, 0.4) is 0 Å². The molecule has 1 saturated carbocycles. The number of carbonyl (C=O) groups excluding carboxylic acids is 3. The fourth-order valence-corrected chi connectivity index (χ4v) is 5.73. The maximum atomic E-state index is 12.8. The minimum atomic E-state index is -0.580. The van der Waals surface area contributed by atoms with Gasteiger partial charge in [-0.15, -0.1) is 0 Å². The van der Waals surface area contributed by atoms with Gasteiger partial charge in [0.2, 0.25) is 11.8 Å². The summed E-state index contributed by atoms with van der Waals surface area (Å²) >= 11 is 0. The van der Waals surface area contributed by atoms with Gasteiger partial charge in [-0.25, -0.2) is 0 Å². The van der Waals surface area contributed by atoms with E-state index in [4.69, 9.17) is 4.74 Å². The summed E-state index contributed by atoms with van der Waals surface area (Å²) in [5, 5.41) is 2.34. The number of likely N-dealkylation sites (tertiary alicyclic amines) is 1. The minimum absolute atomic E-state index is 0.147. The van der Waals surface area contributed by atoms with Crippen molar-refractivity contribution in [3.63, 3.8) is 0 Å². The molecule has 4 aliphatic rings. The first kappa shape index (κ1) is 18.6. The third-order valence-corrected chi connectivity index (χ3v) is 7.17. The molecule has 5 rings (SSSR count). The zero-order valence-corrected chi connectivity index (χ0v) is 16.7. The van der Waals surface area contributed by atoms with Crippen LogP contribution < -0.4 is 10.1 Å². The number of rotatable bonds is 5. The van der Waals surface area contributed by atoms with E-state index in [9.17, 15) is 14.4 Å². The third-order valence-electron chi connectivity index (χ3n) is 7.17. The van der Waals surface area contributed by atoms with Gasteiger partial charge in [-0.2, -0.15) is 0 Å². The molecule has 2 bridgehead atoms. The summed E-state index contributed by atoms with van der Waals surface area (Å²) in [6.07, 6.45) is 4.55. The van der Waals surface area contributed by atoms with Crippen LogP contribution in [0, 0.1) is 5.92 Å². The molecule has 0 spiro atoms. The smallest absolute Gasteiger partial charge is 0.255 e. The lowest BCUT2D eigenvalue weighted by molar-refractivity contribution is -0.136. The zero-order valence-electron chi connectivity index (χ0n) is 16.7. The van der Waals surface area contributed by atoms with Gasteiger partial charge >= 0.3 is 0 Å². The number of imide groups is 1. The van der Waals surface area contributed by atoms with Crippen molar-refractivity contribution in [1.82, 2.24) is 15.1 Å². The van der Waals surface area contributed by atoms with Crippen molar-refractivity contribution in [2.24, 2.45) is 5.92 Å². The van der Waals surface area contributed by atoms with Gasteiger partial charge in [-0.1, -0.05) is 6.92 Å². The van der Waals surface area contributed by atoms with Crippen LogP contribution in [-0.2, 0) is 16.1 Å². The molecule has 0 unspecified atom stereocenters. The Hall–Kier alpha value is -2.41. The highest BCUT2D eigenvalue weighted by atomic mass is 16.5. The molecule has 1 aromatic rings. The summed E-state index contributed by atoms with van der Waals surface area (Å²) in [6, 6.07) is 6.21. The van der Waals surface area contributed by atoms with E-state index in [1.807, 2.05) is 12.1 Å². The number of nitrogens with zero attached hydrogens (tertiary/aromatic N) is 2. The Morgan fingerprint density at radius 3 is 2.83 bits per heavy atom. The maximum Gasteiger partial charge on any atom is 0.255 e. The third kappa shape index (κ3) is 3.12. The largest absolute Gasteiger partial charge is 0.492 e. The van der Waals surface area contributed by atoms with E-state index < -0.39 is 6.04 Å². The van der Waals surface area contributed by atoms with Crippen LogP contribution in [0.1, 0.15) is 54.9 Å². The quantitative estimate of drug-likeness (QED) is 0.765. The summed E-state index contributed by atoms with van der Waals surface area (Å²) in [5.74, 6) is 0.716. The Morgan fingerprint density at radius 1 is 1.17 bits per heavy atom. The number of fused-ring (bicyclic) bond motifs is 3. The van der Waals surface area contributed by atoms with Gasteiger partial charge in [0, 0.05) is 30.6 Å². The maximum absolute atomic E-state index is 12.8. The van der Waals surface area contributed by atoms with Gasteiger partial charge in [0.05, 0.1) is 0 Å². The molecule has 2 saturated heterocycles. The standard InChI is InChI=1S/C22H27N3O4/c1-2-24-15-4-3-13(9-15)19(24)12-29-16-5-6-17-14(10-16)11-25(22(17)28)18-7-8-20(26)23-21(18)27/h5-6,10,13,15,18-19H,2-4,7-9,11-12H2,1H3,(H,23,26,27)/t13-,15+,18-,19-/m0/s1. The molecule has 1 N–H and O–H groups in total. The highest BCUT2D eigenvalue weighted by molar-refractivity contribution is 6.05. The molecule has 0 radical (unpaired) electrons. The van der Waals surface area contributed by atoms with Crippen molar-refractivity contribution in [2.75, 3.05) is 13.2 Å². The number of piperidine rings is 2. The van der Waals surface area contributed by atoms with Gasteiger partial charge < -0.3 is 9.64 Å². The lowest BCUT2D eigenvalue weighted by Crippen LogP contribution is -2.52. The number of likely N-dealkylation sites (N-methyl/N-ethyl adjacent to an activating group) is 1. The Labute approximate surface area is 170 Å². The summed E-state index contributed by atoms with van der Waals surface area (Å²) in [7, 11) is 0. The van der Waals surface area contributed by atoms with E-state index in [0.29, 0.717) is 31.2 Å². The number of amides is 3. The molecule has 3 amide bonds. The van der Waals surface area contributed by atoms with Crippen molar-refractivity contribution in [2.45, 2.75) is 63.7 Å². The van der Waals surface area contributed by atoms with Gasteiger partial charge in [-0.3, -0.25) is 24.6 Å². The molecule has 1 aromatic carbocycles. The molecule has 1 aliphatic carbocycles. The van der Waals surface area contributed by atoms with Crippen molar-refractivity contribution in [1.29, 1.82) is 0 Å². The Morgan fingerprint density at radius 2 is 2.03 bits per heavy atom. The number of nitrogens with one attached hydrogen (secondary N) is 1. The van der Waals surface area contributed by atoms with E-state index in [1.54, 1.807) is 11.0 Å². The molecule has 7 heteroatoms. The predicted molar refractivity (Wildman–Crippen MR) is 105 cm³/mol. The topological polar surface area (TPSA) is 79.0 Å².